The molecule has 0 bridgehead atoms. The van der Waals surface area contributed by atoms with Crippen molar-refractivity contribution >= 4 is 5.91 Å². The number of allylic oxidation sites excluding steroid dienone is 7. The van der Waals surface area contributed by atoms with E-state index in [1.54, 1.807) is 6.08 Å². The van der Waals surface area contributed by atoms with Crippen LogP contribution in [0.4, 0.5) is 0 Å². The van der Waals surface area contributed by atoms with E-state index in [9.17, 15) is 15.0 Å². The summed E-state index contributed by atoms with van der Waals surface area (Å²) in [5.74, 6) is -0.0693. The molecule has 286 valence electrons. The normalized spacial score (nSPS) is 13.5. The molecule has 4 heteroatoms. The van der Waals surface area contributed by atoms with Gasteiger partial charge in [0, 0.05) is 6.42 Å². The van der Waals surface area contributed by atoms with E-state index >= 15 is 0 Å². The summed E-state index contributed by atoms with van der Waals surface area (Å²) in [6.45, 7) is 4.25. The van der Waals surface area contributed by atoms with Gasteiger partial charge in [-0.3, -0.25) is 4.79 Å². The first kappa shape index (κ1) is 47.4. The van der Waals surface area contributed by atoms with Gasteiger partial charge in [0.05, 0.1) is 18.8 Å². The largest absolute Gasteiger partial charge is 0.394 e. The summed E-state index contributed by atoms with van der Waals surface area (Å²) in [6.07, 6.45) is 55.2. The summed E-state index contributed by atoms with van der Waals surface area (Å²) >= 11 is 0. The lowest BCUT2D eigenvalue weighted by Crippen LogP contribution is -2.45. The standard InChI is InChI=1S/C45H83NO3/c1-3-5-7-9-11-13-14-15-16-17-18-19-20-21-22-23-24-25-26-27-28-29-30-31-32-33-35-37-39-41-45(49)46-43(42-47)44(48)40-38-36-34-12-10-8-6-4-2/h14-15,17-18,20-21,38,40,43-44,47-48H,3-13,16,19,22-37,39,41-42H2,1-2H3,(H,46,49)/b15-14-,18-17-,21-20-,40-38+. The molecule has 0 radical (unpaired) electrons. The van der Waals surface area contributed by atoms with Gasteiger partial charge in [0.15, 0.2) is 0 Å². The number of carbonyl (C=O) groups is 1. The molecule has 0 aromatic heterocycles. The van der Waals surface area contributed by atoms with Crippen molar-refractivity contribution < 1.29 is 15.0 Å². The zero-order valence-electron chi connectivity index (χ0n) is 32.7. The lowest BCUT2D eigenvalue weighted by Gasteiger charge is -2.20. The van der Waals surface area contributed by atoms with Crippen LogP contribution in [0, 0.1) is 0 Å². The minimum absolute atomic E-state index is 0.0693. The second-order valence-electron chi connectivity index (χ2n) is 14.4. The van der Waals surface area contributed by atoms with Gasteiger partial charge in [-0.25, -0.2) is 0 Å². The SMILES string of the molecule is CCCCCCC/C=C\C/C=C\C/C=C\CCCCCCCCCCCCCCCCC(=O)NC(CO)C(O)/C=C/CCCCCCCC. The van der Waals surface area contributed by atoms with E-state index in [1.165, 1.54) is 154 Å². The topological polar surface area (TPSA) is 69.6 Å². The zero-order valence-corrected chi connectivity index (χ0v) is 32.7. The predicted octanol–water partition coefficient (Wildman–Crippen LogP) is 13.2. The van der Waals surface area contributed by atoms with E-state index in [-0.39, 0.29) is 12.5 Å². The summed E-state index contributed by atoms with van der Waals surface area (Å²) in [4.78, 5) is 12.3. The molecule has 2 atom stereocenters. The molecule has 0 aliphatic carbocycles. The van der Waals surface area contributed by atoms with Crippen LogP contribution in [0.2, 0.25) is 0 Å². The van der Waals surface area contributed by atoms with Gasteiger partial charge in [0.1, 0.15) is 0 Å². The Morgan fingerprint density at radius 2 is 0.837 bits per heavy atom. The molecule has 0 fully saturated rings. The van der Waals surface area contributed by atoms with Crippen LogP contribution in [-0.2, 0) is 4.79 Å². The number of amides is 1. The fraction of sp³-hybridized carbons (Fsp3) is 0.800. The van der Waals surface area contributed by atoms with Crippen molar-refractivity contribution in [2.24, 2.45) is 0 Å². The average molecular weight is 686 g/mol. The van der Waals surface area contributed by atoms with Crippen molar-refractivity contribution in [2.45, 2.75) is 225 Å². The van der Waals surface area contributed by atoms with Crippen molar-refractivity contribution in [1.29, 1.82) is 0 Å². The van der Waals surface area contributed by atoms with Crippen molar-refractivity contribution in [2.75, 3.05) is 6.61 Å². The smallest absolute Gasteiger partial charge is 0.220 e. The van der Waals surface area contributed by atoms with E-state index in [0.717, 1.165) is 38.5 Å². The Morgan fingerprint density at radius 1 is 0.490 bits per heavy atom. The Bertz CT molecular complexity index is 786. The Kier molecular flexibility index (Phi) is 39.4. The maximum Gasteiger partial charge on any atom is 0.220 e. The number of hydrogen-bond acceptors (Lipinski definition) is 3. The van der Waals surface area contributed by atoms with E-state index in [0.29, 0.717) is 6.42 Å². The molecule has 0 saturated heterocycles. The summed E-state index contributed by atoms with van der Waals surface area (Å²) in [5.41, 5.74) is 0. The number of nitrogens with one attached hydrogen (secondary N) is 1. The third kappa shape index (κ3) is 37.4. The van der Waals surface area contributed by atoms with Crippen LogP contribution in [-0.4, -0.2) is 34.9 Å². The molecule has 0 aliphatic rings. The number of carbonyl (C=O) groups excluding carboxylic acids is 1. The molecule has 0 aliphatic heterocycles. The van der Waals surface area contributed by atoms with Gasteiger partial charge in [-0.1, -0.05) is 197 Å². The van der Waals surface area contributed by atoms with Crippen LogP contribution in [0.15, 0.2) is 48.6 Å². The minimum atomic E-state index is -0.836. The van der Waals surface area contributed by atoms with Gasteiger partial charge in [0.25, 0.3) is 0 Å². The second kappa shape index (κ2) is 40.8. The van der Waals surface area contributed by atoms with Crippen LogP contribution in [0.5, 0.6) is 0 Å². The molecule has 0 aromatic carbocycles. The lowest BCUT2D eigenvalue weighted by atomic mass is 10.0. The average Bonchev–Trinajstić information content (AvgIpc) is 3.10. The molecular weight excluding hydrogens is 602 g/mol. The maximum absolute atomic E-state index is 12.3. The monoisotopic (exact) mass is 686 g/mol. The van der Waals surface area contributed by atoms with Gasteiger partial charge < -0.3 is 15.5 Å². The van der Waals surface area contributed by atoms with Crippen molar-refractivity contribution in [1.82, 2.24) is 5.32 Å². The molecule has 3 N–H and O–H groups in total. The molecule has 1 amide bonds. The van der Waals surface area contributed by atoms with Crippen LogP contribution < -0.4 is 5.32 Å². The van der Waals surface area contributed by atoms with Gasteiger partial charge in [0.2, 0.25) is 5.91 Å². The highest BCUT2D eigenvalue weighted by Crippen LogP contribution is 2.14. The predicted molar refractivity (Wildman–Crippen MR) is 216 cm³/mol. The number of rotatable bonds is 38. The molecular formula is C45H83NO3. The van der Waals surface area contributed by atoms with Gasteiger partial charge >= 0.3 is 0 Å². The van der Waals surface area contributed by atoms with E-state index in [2.05, 4.69) is 55.6 Å². The number of hydrogen-bond donors (Lipinski definition) is 3. The molecule has 2 unspecified atom stereocenters. The molecule has 0 heterocycles. The summed E-state index contributed by atoms with van der Waals surface area (Å²) < 4.78 is 0. The van der Waals surface area contributed by atoms with Crippen molar-refractivity contribution in [3.8, 4) is 0 Å². The Hall–Kier alpha value is -1.65. The Balaban J connectivity index is 3.48. The van der Waals surface area contributed by atoms with Crippen LogP contribution in [0.3, 0.4) is 0 Å². The first-order valence-electron chi connectivity index (χ1n) is 21.4. The van der Waals surface area contributed by atoms with Crippen LogP contribution in [0.1, 0.15) is 213 Å². The Morgan fingerprint density at radius 3 is 1.24 bits per heavy atom. The lowest BCUT2D eigenvalue weighted by molar-refractivity contribution is -0.123. The fourth-order valence-electron chi connectivity index (χ4n) is 6.24. The van der Waals surface area contributed by atoms with Gasteiger partial charge in [-0.15, -0.1) is 0 Å². The van der Waals surface area contributed by atoms with E-state index < -0.39 is 12.1 Å². The summed E-state index contributed by atoms with van der Waals surface area (Å²) in [6, 6.07) is -0.620. The maximum atomic E-state index is 12.3. The Labute approximate surface area is 305 Å². The fourth-order valence-corrected chi connectivity index (χ4v) is 6.24. The summed E-state index contributed by atoms with van der Waals surface area (Å²) in [7, 11) is 0. The third-order valence-corrected chi connectivity index (χ3v) is 9.56. The molecule has 0 rings (SSSR count). The highest BCUT2D eigenvalue weighted by molar-refractivity contribution is 5.76. The first-order valence-corrected chi connectivity index (χ1v) is 21.4. The second-order valence-corrected chi connectivity index (χ2v) is 14.4. The molecule has 49 heavy (non-hydrogen) atoms. The van der Waals surface area contributed by atoms with E-state index in [4.69, 9.17) is 0 Å². The van der Waals surface area contributed by atoms with Crippen LogP contribution >= 0.6 is 0 Å². The number of unbranched alkanes of at least 4 members (excludes halogenated alkanes) is 25. The zero-order chi connectivity index (χ0) is 35.7. The van der Waals surface area contributed by atoms with Crippen molar-refractivity contribution in [3.05, 3.63) is 48.6 Å². The minimum Gasteiger partial charge on any atom is -0.394 e. The molecule has 0 spiro atoms. The first-order chi connectivity index (χ1) is 24.2. The quantitative estimate of drug-likeness (QED) is 0.0447. The highest BCUT2D eigenvalue weighted by Gasteiger charge is 2.17. The van der Waals surface area contributed by atoms with Crippen LogP contribution in [0.25, 0.3) is 0 Å². The third-order valence-electron chi connectivity index (χ3n) is 9.56. The molecule has 4 nitrogen and oxygen atoms in total. The van der Waals surface area contributed by atoms with Crippen molar-refractivity contribution in [3.63, 3.8) is 0 Å². The number of aliphatic hydroxyl groups is 2. The van der Waals surface area contributed by atoms with Gasteiger partial charge in [-0.05, 0) is 57.8 Å². The summed E-state index contributed by atoms with van der Waals surface area (Å²) in [5, 5.41) is 22.8. The molecule has 0 saturated carbocycles. The number of aliphatic hydroxyl groups excluding tert-OH is 2. The van der Waals surface area contributed by atoms with Gasteiger partial charge in [-0.2, -0.15) is 0 Å². The van der Waals surface area contributed by atoms with E-state index in [1.807, 2.05) is 6.08 Å². The molecule has 0 aromatic rings. The highest BCUT2D eigenvalue weighted by atomic mass is 16.3.